The molecule has 6 heteroatoms. The van der Waals surface area contributed by atoms with Crippen LogP contribution in [-0.2, 0) is 0 Å². The van der Waals surface area contributed by atoms with Crippen molar-refractivity contribution < 1.29 is 18.3 Å². The third kappa shape index (κ3) is 2.71. The Morgan fingerprint density at radius 1 is 1.10 bits per heavy atom. The highest BCUT2D eigenvalue weighted by atomic mass is 79.9. The van der Waals surface area contributed by atoms with E-state index in [-0.39, 0.29) is 21.7 Å². The molecule has 0 saturated heterocycles. The van der Waals surface area contributed by atoms with Gasteiger partial charge in [0.05, 0.1) is 5.02 Å². The Kier molecular flexibility index (Phi) is 4.42. The van der Waals surface area contributed by atoms with Crippen LogP contribution in [0.25, 0.3) is 0 Å². The highest BCUT2D eigenvalue weighted by molar-refractivity contribution is 9.10. The van der Waals surface area contributed by atoms with E-state index in [4.69, 9.17) is 11.6 Å². The van der Waals surface area contributed by atoms with Gasteiger partial charge >= 0.3 is 0 Å². The maximum absolute atomic E-state index is 14.0. The molecule has 0 aliphatic rings. The predicted octanol–water partition coefficient (Wildman–Crippen LogP) is 4.91. The Labute approximate surface area is 127 Å². The van der Waals surface area contributed by atoms with Crippen LogP contribution in [0, 0.1) is 24.4 Å². The molecular weight excluding hydrogens is 357 g/mol. The first-order chi connectivity index (χ1) is 9.32. The van der Waals surface area contributed by atoms with Gasteiger partial charge in [-0.2, -0.15) is 0 Å². The zero-order chi connectivity index (χ0) is 15.0. The number of halogens is 5. The molecule has 0 amide bonds. The largest absolute Gasteiger partial charge is 0.383 e. The molecule has 1 unspecified atom stereocenters. The first kappa shape index (κ1) is 15.4. The molecule has 0 aromatic heterocycles. The van der Waals surface area contributed by atoms with Crippen molar-refractivity contribution >= 4 is 27.5 Å². The minimum Gasteiger partial charge on any atom is -0.383 e. The standard InChI is InChI=1S/C14H9BrClF3O/c1-6-4-8(11(18)5-10(6)17)14(20)7-2-3-9(15)12(16)13(7)19/h2-5,14,20H,1H3. The number of hydrogen-bond donors (Lipinski definition) is 1. The average Bonchev–Trinajstić information content (AvgIpc) is 2.40. The molecular formula is C14H9BrClF3O. The molecule has 0 spiro atoms. The molecule has 0 fully saturated rings. The van der Waals surface area contributed by atoms with E-state index in [1.807, 2.05) is 0 Å². The monoisotopic (exact) mass is 364 g/mol. The maximum Gasteiger partial charge on any atom is 0.149 e. The highest BCUT2D eigenvalue weighted by Gasteiger charge is 2.22. The summed E-state index contributed by atoms with van der Waals surface area (Å²) in [4.78, 5) is 0. The number of rotatable bonds is 2. The quantitative estimate of drug-likeness (QED) is 0.750. The van der Waals surface area contributed by atoms with Crippen LogP contribution >= 0.6 is 27.5 Å². The molecule has 2 rings (SSSR count). The Morgan fingerprint density at radius 2 is 1.75 bits per heavy atom. The molecule has 0 aliphatic heterocycles. The van der Waals surface area contributed by atoms with E-state index < -0.39 is 23.6 Å². The lowest BCUT2D eigenvalue weighted by molar-refractivity contribution is 0.209. The van der Waals surface area contributed by atoms with Gasteiger partial charge in [-0.1, -0.05) is 17.7 Å². The van der Waals surface area contributed by atoms with Gasteiger partial charge in [0.25, 0.3) is 0 Å². The summed E-state index contributed by atoms with van der Waals surface area (Å²) >= 11 is 8.77. The van der Waals surface area contributed by atoms with E-state index in [9.17, 15) is 18.3 Å². The fraction of sp³-hybridized carbons (Fsp3) is 0.143. The summed E-state index contributed by atoms with van der Waals surface area (Å²) in [6, 6.07) is 4.53. The smallest absolute Gasteiger partial charge is 0.149 e. The van der Waals surface area contributed by atoms with Crippen LogP contribution in [0.2, 0.25) is 5.02 Å². The molecule has 2 aromatic rings. The van der Waals surface area contributed by atoms with Crippen molar-refractivity contribution in [3.8, 4) is 0 Å². The van der Waals surface area contributed by atoms with Gasteiger partial charge in [-0.3, -0.25) is 0 Å². The molecule has 0 aliphatic carbocycles. The van der Waals surface area contributed by atoms with Crippen LogP contribution in [-0.4, -0.2) is 5.11 Å². The van der Waals surface area contributed by atoms with Crippen molar-refractivity contribution in [3.63, 3.8) is 0 Å². The van der Waals surface area contributed by atoms with E-state index in [2.05, 4.69) is 15.9 Å². The second-order valence-corrected chi connectivity index (χ2v) is 5.52. The predicted molar refractivity (Wildman–Crippen MR) is 74.3 cm³/mol. The van der Waals surface area contributed by atoms with Crippen LogP contribution in [0.15, 0.2) is 28.7 Å². The van der Waals surface area contributed by atoms with E-state index in [1.165, 1.54) is 19.1 Å². The third-order valence-electron chi connectivity index (χ3n) is 2.93. The molecule has 0 radical (unpaired) electrons. The van der Waals surface area contributed by atoms with Crippen LogP contribution in [0.5, 0.6) is 0 Å². The van der Waals surface area contributed by atoms with Crippen LogP contribution in [0.3, 0.4) is 0 Å². The van der Waals surface area contributed by atoms with Crippen molar-refractivity contribution in [1.29, 1.82) is 0 Å². The summed E-state index contributed by atoms with van der Waals surface area (Å²) in [5.74, 6) is -2.53. The number of benzene rings is 2. The second kappa shape index (κ2) is 5.76. The fourth-order valence-electron chi connectivity index (χ4n) is 1.81. The molecule has 1 atom stereocenters. The van der Waals surface area contributed by atoms with Gasteiger partial charge in [0.15, 0.2) is 0 Å². The molecule has 0 saturated carbocycles. The molecule has 1 N–H and O–H groups in total. The molecule has 0 bridgehead atoms. The Balaban J connectivity index is 2.55. The van der Waals surface area contributed by atoms with Crippen LogP contribution in [0.1, 0.15) is 22.8 Å². The average molecular weight is 366 g/mol. The Morgan fingerprint density at radius 3 is 2.40 bits per heavy atom. The van der Waals surface area contributed by atoms with E-state index in [0.717, 1.165) is 6.07 Å². The molecule has 20 heavy (non-hydrogen) atoms. The lowest BCUT2D eigenvalue weighted by Gasteiger charge is -2.15. The van der Waals surface area contributed by atoms with Gasteiger partial charge < -0.3 is 5.11 Å². The van der Waals surface area contributed by atoms with Gasteiger partial charge in [0.1, 0.15) is 23.6 Å². The zero-order valence-electron chi connectivity index (χ0n) is 10.2. The van der Waals surface area contributed by atoms with Gasteiger partial charge in [-0.25, -0.2) is 13.2 Å². The molecule has 2 aromatic carbocycles. The van der Waals surface area contributed by atoms with Crippen molar-refractivity contribution in [2.24, 2.45) is 0 Å². The van der Waals surface area contributed by atoms with E-state index in [0.29, 0.717) is 10.5 Å². The summed E-state index contributed by atoms with van der Waals surface area (Å²) < 4.78 is 41.2. The molecule has 106 valence electrons. The Hall–Kier alpha value is -1.04. The third-order valence-corrected chi connectivity index (χ3v) is 4.19. The first-order valence-electron chi connectivity index (χ1n) is 5.60. The van der Waals surface area contributed by atoms with Gasteiger partial charge in [-0.05, 0) is 40.5 Å². The number of aliphatic hydroxyl groups excluding tert-OH is 1. The van der Waals surface area contributed by atoms with Crippen LogP contribution in [0.4, 0.5) is 13.2 Å². The second-order valence-electron chi connectivity index (χ2n) is 4.29. The lowest BCUT2D eigenvalue weighted by Crippen LogP contribution is -2.07. The highest BCUT2D eigenvalue weighted by Crippen LogP contribution is 2.34. The van der Waals surface area contributed by atoms with E-state index >= 15 is 0 Å². The Bertz CT molecular complexity index is 674. The van der Waals surface area contributed by atoms with Gasteiger partial charge in [0.2, 0.25) is 0 Å². The summed E-state index contributed by atoms with van der Waals surface area (Å²) in [7, 11) is 0. The fourth-order valence-corrected chi connectivity index (χ4v) is 2.29. The van der Waals surface area contributed by atoms with Gasteiger partial charge in [-0.15, -0.1) is 0 Å². The SMILES string of the molecule is Cc1cc(C(O)c2ccc(Br)c(Cl)c2F)c(F)cc1F. The van der Waals surface area contributed by atoms with Gasteiger partial charge in [0, 0.05) is 21.7 Å². The minimum absolute atomic E-state index is 0.157. The lowest BCUT2D eigenvalue weighted by atomic mass is 9.98. The number of aliphatic hydroxyl groups is 1. The maximum atomic E-state index is 14.0. The normalized spacial score (nSPS) is 12.6. The molecule has 1 nitrogen and oxygen atoms in total. The van der Waals surface area contributed by atoms with E-state index in [1.54, 1.807) is 0 Å². The summed E-state index contributed by atoms with van der Waals surface area (Å²) in [6.07, 6.45) is -1.57. The summed E-state index contributed by atoms with van der Waals surface area (Å²) in [6.45, 7) is 1.43. The zero-order valence-corrected chi connectivity index (χ0v) is 12.6. The minimum atomic E-state index is -1.57. The summed E-state index contributed by atoms with van der Waals surface area (Å²) in [5, 5.41) is 9.90. The number of aryl methyl sites for hydroxylation is 1. The molecule has 0 heterocycles. The number of hydrogen-bond acceptors (Lipinski definition) is 1. The van der Waals surface area contributed by atoms with Crippen molar-refractivity contribution in [2.75, 3.05) is 0 Å². The first-order valence-corrected chi connectivity index (χ1v) is 6.77. The van der Waals surface area contributed by atoms with Crippen molar-refractivity contribution in [3.05, 3.63) is 67.9 Å². The van der Waals surface area contributed by atoms with Crippen molar-refractivity contribution in [1.82, 2.24) is 0 Å². The topological polar surface area (TPSA) is 20.2 Å². The van der Waals surface area contributed by atoms with Crippen LogP contribution < -0.4 is 0 Å². The summed E-state index contributed by atoms with van der Waals surface area (Å²) in [5.41, 5.74) is -0.228. The van der Waals surface area contributed by atoms with Crippen molar-refractivity contribution in [2.45, 2.75) is 13.0 Å².